The van der Waals surface area contributed by atoms with Crippen molar-refractivity contribution >= 4 is 22.4 Å². The number of rotatable bonds is 8. The number of carboxylic acid groups (broad SMARTS) is 1. The van der Waals surface area contributed by atoms with Gasteiger partial charge in [-0.2, -0.15) is 17.6 Å². The zero-order valence-corrected chi connectivity index (χ0v) is 15.0. The first-order valence-electron chi connectivity index (χ1n) is 8.36. The van der Waals surface area contributed by atoms with E-state index in [0.717, 1.165) is 11.3 Å². The summed E-state index contributed by atoms with van der Waals surface area (Å²) in [6, 6.07) is -0.397. The van der Waals surface area contributed by atoms with Crippen LogP contribution >= 0.6 is 11.3 Å². The van der Waals surface area contributed by atoms with Crippen molar-refractivity contribution in [3.05, 3.63) is 11.1 Å². The van der Waals surface area contributed by atoms with Gasteiger partial charge < -0.3 is 19.5 Å². The summed E-state index contributed by atoms with van der Waals surface area (Å²) < 4.78 is 58.4. The molecule has 27 heavy (non-hydrogen) atoms. The number of anilines is 1. The molecule has 3 rings (SSSR count). The lowest BCUT2D eigenvalue weighted by atomic mass is 9.87. The highest BCUT2D eigenvalue weighted by Gasteiger charge is 2.40. The second-order valence-corrected chi connectivity index (χ2v) is 7.40. The summed E-state index contributed by atoms with van der Waals surface area (Å²) in [5.41, 5.74) is 0. The number of alkyl halides is 4. The second kappa shape index (κ2) is 8.67. The summed E-state index contributed by atoms with van der Waals surface area (Å²) in [6.45, 7) is -4.55. The number of halogens is 4. The summed E-state index contributed by atoms with van der Waals surface area (Å²) in [5.74, 6) is -1.10. The zero-order chi connectivity index (χ0) is 19.6. The molecule has 1 aromatic heterocycles. The van der Waals surface area contributed by atoms with Gasteiger partial charge in [-0.15, -0.1) is 0 Å². The Kier molecular flexibility index (Phi) is 6.50. The molecule has 0 radical (unpaired) electrons. The van der Waals surface area contributed by atoms with Gasteiger partial charge in [0.25, 0.3) is 0 Å². The average Bonchev–Trinajstić information content (AvgIpc) is 3.05. The molecule has 1 aliphatic carbocycles. The summed E-state index contributed by atoms with van der Waals surface area (Å²) in [6.07, 6.45) is 1.68. The highest BCUT2D eigenvalue weighted by molar-refractivity contribution is 7.17. The van der Waals surface area contributed by atoms with Gasteiger partial charge in [0.05, 0.1) is 24.9 Å². The summed E-state index contributed by atoms with van der Waals surface area (Å²) in [5, 5.41) is 9.47. The molecule has 1 unspecified atom stereocenters. The van der Waals surface area contributed by atoms with Crippen molar-refractivity contribution in [2.45, 2.75) is 44.3 Å². The molecule has 1 aromatic rings. The van der Waals surface area contributed by atoms with Gasteiger partial charge in [0.1, 0.15) is 4.88 Å². The SMILES string of the molecule is O=C(O)c1cnc(N2CCN(C3CC(OC(F)F)C3)CC2COC(F)F)s1. The maximum Gasteiger partial charge on any atom is 0.347 e. The molecule has 1 atom stereocenters. The van der Waals surface area contributed by atoms with Gasteiger partial charge in [-0.3, -0.25) is 4.90 Å². The fourth-order valence-electron chi connectivity index (χ4n) is 3.38. The van der Waals surface area contributed by atoms with Crippen LogP contribution in [0.5, 0.6) is 0 Å². The van der Waals surface area contributed by atoms with E-state index < -0.39 is 31.3 Å². The maximum atomic E-state index is 12.5. The molecule has 0 bridgehead atoms. The number of aromatic carboxylic acids is 1. The Morgan fingerprint density at radius 2 is 2.04 bits per heavy atom. The lowest BCUT2D eigenvalue weighted by Crippen LogP contribution is -2.60. The molecule has 0 aromatic carbocycles. The van der Waals surface area contributed by atoms with E-state index in [-0.39, 0.29) is 17.5 Å². The normalized spacial score (nSPS) is 26.6. The highest BCUT2D eigenvalue weighted by atomic mass is 32.1. The minimum atomic E-state index is -2.92. The number of carboxylic acids is 1. The van der Waals surface area contributed by atoms with Crippen LogP contribution in [0, 0.1) is 0 Å². The summed E-state index contributed by atoms with van der Waals surface area (Å²) in [4.78, 5) is 19.0. The summed E-state index contributed by atoms with van der Waals surface area (Å²) >= 11 is 0.972. The lowest BCUT2D eigenvalue weighted by Gasteiger charge is -2.48. The minimum absolute atomic E-state index is 0.0517. The zero-order valence-electron chi connectivity index (χ0n) is 14.1. The van der Waals surface area contributed by atoms with Gasteiger partial charge in [0.2, 0.25) is 0 Å². The Bertz CT molecular complexity index is 644. The topological polar surface area (TPSA) is 75.1 Å². The third kappa shape index (κ3) is 5.06. The number of aromatic nitrogens is 1. The Labute approximate surface area is 156 Å². The first kappa shape index (κ1) is 20.2. The predicted octanol–water partition coefficient (Wildman–Crippen LogP) is 2.34. The first-order valence-corrected chi connectivity index (χ1v) is 9.18. The Morgan fingerprint density at radius 1 is 1.30 bits per heavy atom. The molecule has 1 aliphatic heterocycles. The number of hydrogen-bond donors (Lipinski definition) is 1. The van der Waals surface area contributed by atoms with Crippen LogP contribution < -0.4 is 4.90 Å². The quantitative estimate of drug-likeness (QED) is 0.656. The van der Waals surface area contributed by atoms with Crippen LogP contribution in [0.2, 0.25) is 0 Å². The van der Waals surface area contributed by atoms with E-state index >= 15 is 0 Å². The van der Waals surface area contributed by atoms with Gasteiger partial charge in [-0.25, -0.2) is 9.78 Å². The molecule has 2 heterocycles. The molecular weight excluding hydrogens is 394 g/mol. The van der Waals surface area contributed by atoms with Gasteiger partial charge in [-0.05, 0) is 12.8 Å². The van der Waals surface area contributed by atoms with E-state index in [1.807, 2.05) is 4.90 Å². The molecule has 2 fully saturated rings. The van der Waals surface area contributed by atoms with E-state index in [2.05, 4.69) is 14.5 Å². The Hall–Kier alpha value is -1.50. The molecule has 0 amide bonds. The molecule has 1 saturated carbocycles. The highest BCUT2D eigenvalue weighted by Crippen LogP contribution is 2.33. The largest absolute Gasteiger partial charge is 0.477 e. The van der Waals surface area contributed by atoms with Gasteiger partial charge in [-0.1, -0.05) is 11.3 Å². The van der Waals surface area contributed by atoms with Crippen molar-refractivity contribution in [2.24, 2.45) is 0 Å². The van der Waals surface area contributed by atoms with Crippen molar-refractivity contribution in [3.63, 3.8) is 0 Å². The smallest absolute Gasteiger partial charge is 0.347 e. The average molecular weight is 413 g/mol. The van der Waals surface area contributed by atoms with E-state index in [1.165, 1.54) is 6.20 Å². The number of nitrogens with zero attached hydrogens (tertiary/aromatic N) is 3. The second-order valence-electron chi connectivity index (χ2n) is 6.39. The van der Waals surface area contributed by atoms with Crippen molar-refractivity contribution in [3.8, 4) is 0 Å². The fourth-order valence-corrected chi connectivity index (χ4v) is 4.23. The molecule has 7 nitrogen and oxygen atoms in total. The molecular formula is C15H19F4N3O4S. The summed E-state index contributed by atoms with van der Waals surface area (Å²) in [7, 11) is 0. The van der Waals surface area contributed by atoms with Gasteiger partial charge in [0.15, 0.2) is 5.13 Å². The molecule has 2 aliphatic rings. The van der Waals surface area contributed by atoms with Crippen LogP contribution in [0.15, 0.2) is 6.20 Å². The van der Waals surface area contributed by atoms with Crippen molar-refractivity contribution < 1.29 is 36.9 Å². The van der Waals surface area contributed by atoms with Crippen LogP contribution in [0.3, 0.4) is 0 Å². The molecule has 1 saturated heterocycles. The molecule has 0 spiro atoms. The van der Waals surface area contributed by atoms with Gasteiger partial charge >= 0.3 is 19.2 Å². The standard InChI is InChI=1S/C15H19F4N3O4S/c16-13(17)25-7-9-6-21(8-3-10(4-8)26-14(18)19)1-2-22(9)15-20-5-11(27-15)12(23)24/h5,8-10,13-14H,1-4,6-7H2,(H,23,24). The van der Waals surface area contributed by atoms with Crippen LogP contribution in [0.25, 0.3) is 0 Å². The Morgan fingerprint density at radius 3 is 2.63 bits per heavy atom. The fraction of sp³-hybridized carbons (Fsp3) is 0.733. The monoisotopic (exact) mass is 413 g/mol. The number of carbonyl (C=O) groups is 1. The molecule has 1 N–H and O–H groups in total. The molecule has 152 valence electrons. The molecule has 12 heteroatoms. The minimum Gasteiger partial charge on any atom is -0.477 e. The maximum absolute atomic E-state index is 12.5. The van der Waals surface area contributed by atoms with Crippen molar-refractivity contribution in [1.82, 2.24) is 9.88 Å². The van der Waals surface area contributed by atoms with E-state index in [9.17, 15) is 22.4 Å². The van der Waals surface area contributed by atoms with Gasteiger partial charge in [0, 0.05) is 25.7 Å². The number of piperazine rings is 1. The third-order valence-corrected chi connectivity index (χ3v) is 5.78. The first-order chi connectivity index (χ1) is 12.8. The Balaban J connectivity index is 1.63. The van der Waals surface area contributed by atoms with Crippen LogP contribution in [0.4, 0.5) is 22.7 Å². The predicted molar refractivity (Wildman–Crippen MR) is 87.6 cm³/mol. The number of ether oxygens (including phenoxy) is 2. The van der Waals surface area contributed by atoms with E-state index in [1.54, 1.807) is 4.90 Å². The van der Waals surface area contributed by atoms with E-state index in [0.29, 0.717) is 37.6 Å². The van der Waals surface area contributed by atoms with Crippen LogP contribution in [-0.4, -0.2) is 78.6 Å². The van der Waals surface area contributed by atoms with Crippen molar-refractivity contribution in [1.29, 1.82) is 0 Å². The number of thiazole rings is 1. The number of hydrogen-bond acceptors (Lipinski definition) is 7. The van der Waals surface area contributed by atoms with E-state index in [4.69, 9.17) is 5.11 Å². The van der Waals surface area contributed by atoms with Crippen molar-refractivity contribution in [2.75, 3.05) is 31.1 Å². The third-order valence-electron chi connectivity index (χ3n) is 4.76. The van der Waals surface area contributed by atoms with Crippen LogP contribution in [-0.2, 0) is 9.47 Å². The van der Waals surface area contributed by atoms with Crippen LogP contribution in [0.1, 0.15) is 22.5 Å². The lowest BCUT2D eigenvalue weighted by molar-refractivity contribution is -0.194.